The molecule has 2 aromatic carbocycles. The maximum Gasteiger partial charge on any atom is 0.275 e. The van der Waals surface area contributed by atoms with Crippen LogP contribution in [0.2, 0.25) is 0 Å². The molecule has 3 heterocycles. The minimum absolute atomic E-state index is 0.0379. The predicted molar refractivity (Wildman–Crippen MR) is 134 cm³/mol. The maximum absolute atomic E-state index is 10.4. The molecular weight excluding hydrogens is 458 g/mol. The average molecular weight is 480 g/mol. The van der Waals surface area contributed by atoms with E-state index in [4.69, 9.17) is 5.73 Å². The van der Waals surface area contributed by atoms with Crippen LogP contribution in [-0.2, 0) is 13.1 Å². The van der Waals surface area contributed by atoms with Gasteiger partial charge in [-0.1, -0.05) is 24.3 Å². The molecule has 0 aliphatic heterocycles. The summed E-state index contributed by atoms with van der Waals surface area (Å²) in [5.41, 5.74) is 7.76. The van der Waals surface area contributed by atoms with Crippen LogP contribution in [0.25, 0.3) is 10.8 Å². The van der Waals surface area contributed by atoms with Crippen LogP contribution < -0.4 is 10.6 Å². The van der Waals surface area contributed by atoms with Crippen molar-refractivity contribution in [3.05, 3.63) is 90.5 Å². The number of nitrogens with zero attached hydrogens (tertiary/aromatic N) is 8. The lowest BCUT2D eigenvalue weighted by molar-refractivity contribution is 0.475. The number of benzene rings is 2. The monoisotopic (exact) mass is 479 g/mol. The Morgan fingerprint density at radius 3 is 2.14 bits per heavy atom. The van der Waals surface area contributed by atoms with Crippen molar-refractivity contribution in [2.75, 3.05) is 10.6 Å². The van der Waals surface area contributed by atoms with E-state index in [1.165, 1.54) is 12.1 Å². The molecular formula is C25H21N9O2. The number of azo groups is 1. The van der Waals surface area contributed by atoms with E-state index in [0.29, 0.717) is 18.5 Å². The summed E-state index contributed by atoms with van der Waals surface area (Å²) in [5.74, 6) is 0.122. The number of aromatic nitrogens is 5. The molecule has 3 aromatic heterocycles. The summed E-state index contributed by atoms with van der Waals surface area (Å²) >= 11 is 0. The standard InChI is InChI=1S/C25H21N9O2/c26-23-29-24(33-32-22-20-13-19(35)9-7-16(20)8-10-21(22)36)31-25(30-23)34(14-17-5-1-3-11-27-17)15-18-6-2-4-12-28-18/h1-13,35-36H,14-15H2,(H2,26,29,30,31)/b33-32+. The Balaban J connectivity index is 1.51. The van der Waals surface area contributed by atoms with Crippen LogP contribution in [0.15, 0.2) is 89.4 Å². The third-order valence-electron chi connectivity index (χ3n) is 5.26. The number of anilines is 2. The number of nitrogen functional groups attached to an aromatic ring is 1. The zero-order chi connectivity index (χ0) is 24.9. The summed E-state index contributed by atoms with van der Waals surface area (Å²) in [6.07, 6.45) is 3.42. The summed E-state index contributed by atoms with van der Waals surface area (Å²) in [4.78, 5) is 23.5. The SMILES string of the molecule is Nc1nc(/N=N/c2c(O)ccc3ccc(O)cc23)nc(N(Cc2ccccn2)Cc2ccccn2)n1. The van der Waals surface area contributed by atoms with Crippen LogP contribution in [-0.4, -0.2) is 35.1 Å². The van der Waals surface area contributed by atoms with Crippen molar-refractivity contribution in [2.24, 2.45) is 10.2 Å². The van der Waals surface area contributed by atoms with Crippen LogP contribution in [0.3, 0.4) is 0 Å². The molecule has 5 rings (SSSR count). The van der Waals surface area contributed by atoms with E-state index >= 15 is 0 Å². The number of hydrogen-bond donors (Lipinski definition) is 3. The van der Waals surface area contributed by atoms with Gasteiger partial charge in [-0.05, 0) is 47.9 Å². The largest absolute Gasteiger partial charge is 0.508 e. The molecule has 0 aliphatic rings. The molecule has 0 amide bonds. The highest BCUT2D eigenvalue weighted by Crippen LogP contribution is 2.37. The number of fused-ring (bicyclic) bond motifs is 1. The maximum atomic E-state index is 10.4. The molecule has 4 N–H and O–H groups in total. The van der Waals surface area contributed by atoms with E-state index in [-0.39, 0.29) is 35.0 Å². The van der Waals surface area contributed by atoms with Gasteiger partial charge in [0.1, 0.15) is 17.2 Å². The highest BCUT2D eigenvalue weighted by molar-refractivity contribution is 5.96. The van der Waals surface area contributed by atoms with Crippen molar-refractivity contribution < 1.29 is 10.2 Å². The number of rotatable bonds is 7. The quantitative estimate of drug-likeness (QED) is 0.287. The van der Waals surface area contributed by atoms with E-state index in [2.05, 4.69) is 35.1 Å². The van der Waals surface area contributed by atoms with Crippen molar-refractivity contribution in [3.63, 3.8) is 0 Å². The smallest absolute Gasteiger partial charge is 0.275 e. The Kier molecular flexibility index (Phi) is 6.26. The molecule has 11 nitrogen and oxygen atoms in total. The van der Waals surface area contributed by atoms with Crippen LogP contribution in [0.4, 0.5) is 23.5 Å². The fourth-order valence-corrected chi connectivity index (χ4v) is 3.61. The number of phenolic OH excluding ortho intramolecular Hbond substituents is 2. The van der Waals surface area contributed by atoms with Gasteiger partial charge in [0.15, 0.2) is 0 Å². The van der Waals surface area contributed by atoms with E-state index in [1.807, 2.05) is 41.3 Å². The number of aromatic hydroxyl groups is 2. The van der Waals surface area contributed by atoms with E-state index < -0.39 is 0 Å². The van der Waals surface area contributed by atoms with Crippen LogP contribution >= 0.6 is 0 Å². The molecule has 0 saturated carbocycles. The molecule has 0 bridgehead atoms. The minimum Gasteiger partial charge on any atom is -0.508 e. The van der Waals surface area contributed by atoms with Crippen LogP contribution in [0, 0.1) is 0 Å². The first-order valence-electron chi connectivity index (χ1n) is 11.0. The normalized spacial score (nSPS) is 11.2. The number of pyridine rings is 2. The summed E-state index contributed by atoms with van der Waals surface area (Å²) in [7, 11) is 0. The Bertz CT molecular complexity index is 1480. The lowest BCUT2D eigenvalue weighted by atomic mass is 10.1. The molecule has 5 aromatic rings. The first kappa shape index (κ1) is 22.6. The third kappa shape index (κ3) is 5.14. The summed E-state index contributed by atoms with van der Waals surface area (Å²) in [6.45, 7) is 0.779. The average Bonchev–Trinajstić information content (AvgIpc) is 2.88. The second kappa shape index (κ2) is 9.97. The van der Waals surface area contributed by atoms with E-state index in [0.717, 1.165) is 16.8 Å². The Morgan fingerprint density at radius 1 is 0.778 bits per heavy atom. The Hall–Kier alpha value is -5.19. The number of phenols is 2. The van der Waals surface area contributed by atoms with Crippen LogP contribution in [0.5, 0.6) is 11.5 Å². The third-order valence-corrected chi connectivity index (χ3v) is 5.26. The van der Waals surface area contributed by atoms with Crippen molar-refractivity contribution in [2.45, 2.75) is 13.1 Å². The van der Waals surface area contributed by atoms with Crippen LogP contribution in [0.1, 0.15) is 11.4 Å². The lowest BCUT2D eigenvalue weighted by Crippen LogP contribution is -2.25. The van der Waals surface area contributed by atoms with Gasteiger partial charge in [-0.25, -0.2) is 0 Å². The molecule has 0 saturated heterocycles. The van der Waals surface area contributed by atoms with Gasteiger partial charge in [-0.3, -0.25) is 9.97 Å². The molecule has 0 radical (unpaired) electrons. The summed E-state index contributed by atoms with van der Waals surface area (Å²) in [6, 6.07) is 19.3. The summed E-state index contributed by atoms with van der Waals surface area (Å²) < 4.78 is 0. The topological polar surface area (TPSA) is 159 Å². The summed E-state index contributed by atoms with van der Waals surface area (Å²) in [5, 5.41) is 29.8. The van der Waals surface area contributed by atoms with Gasteiger partial charge in [0, 0.05) is 17.8 Å². The second-order valence-corrected chi connectivity index (χ2v) is 7.83. The molecule has 0 unspecified atom stereocenters. The second-order valence-electron chi connectivity index (χ2n) is 7.83. The van der Waals surface area contributed by atoms with Gasteiger partial charge in [0.2, 0.25) is 11.9 Å². The molecule has 0 spiro atoms. The molecule has 0 atom stereocenters. The Morgan fingerprint density at radius 2 is 1.47 bits per heavy atom. The van der Waals surface area contributed by atoms with Crippen molar-refractivity contribution in [3.8, 4) is 11.5 Å². The first-order chi connectivity index (χ1) is 17.5. The predicted octanol–water partition coefficient (Wildman–Crippen LogP) is 4.43. The highest BCUT2D eigenvalue weighted by atomic mass is 16.3. The lowest BCUT2D eigenvalue weighted by Gasteiger charge is -2.22. The van der Waals surface area contributed by atoms with Crippen molar-refractivity contribution in [1.29, 1.82) is 0 Å². The molecule has 36 heavy (non-hydrogen) atoms. The molecule has 11 heteroatoms. The zero-order valence-electron chi connectivity index (χ0n) is 19.0. The fraction of sp³-hybridized carbons (Fsp3) is 0.0800. The van der Waals surface area contributed by atoms with Gasteiger partial charge in [0.05, 0.1) is 24.5 Å². The molecule has 178 valence electrons. The van der Waals surface area contributed by atoms with E-state index in [1.54, 1.807) is 30.6 Å². The van der Waals surface area contributed by atoms with Gasteiger partial charge >= 0.3 is 0 Å². The van der Waals surface area contributed by atoms with E-state index in [9.17, 15) is 10.2 Å². The van der Waals surface area contributed by atoms with Gasteiger partial charge in [-0.2, -0.15) is 15.0 Å². The molecule has 0 fully saturated rings. The Labute approximate surface area is 205 Å². The molecule has 0 aliphatic carbocycles. The number of nitrogens with two attached hydrogens (primary N) is 1. The number of hydrogen-bond acceptors (Lipinski definition) is 11. The van der Waals surface area contributed by atoms with Gasteiger partial charge in [-0.15, -0.1) is 10.2 Å². The highest BCUT2D eigenvalue weighted by Gasteiger charge is 2.16. The van der Waals surface area contributed by atoms with Gasteiger partial charge < -0.3 is 20.8 Å². The fourth-order valence-electron chi connectivity index (χ4n) is 3.61. The van der Waals surface area contributed by atoms with Gasteiger partial charge in [0.25, 0.3) is 5.95 Å². The first-order valence-corrected chi connectivity index (χ1v) is 11.0. The van der Waals surface area contributed by atoms with Crippen molar-refractivity contribution >= 4 is 34.3 Å². The minimum atomic E-state index is -0.106. The zero-order valence-corrected chi connectivity index (χ0v) is 19.0. The van der Waals surface area contributed by atoms with Crippen molar-refractivity contribution in [1.82, 2.24) is 24.9 Å².